The number of amides is 1. The average Bonchev–Trinajstić information content (AvgIpc) is 3.34. The number of nitrogens with zero attached hydrogens (tertiary/aromatic N) is 1. The Hall–Kier alpha value is -4.94. The van der Waals surface area contributed by atoms with Gasteiger partial charge in [-0.05, 0) is 47.9 Å². The van der Waals surface area contributed by atoms with Crippen LogP contribution in [0.3, 0.4) is 0 Å². The van der Waals surface area contributed by atoms with Crippen molar-refractivity contribution < 1.29 is 17.9 Å². The zero-order valence-corrected chi connectivity index (χ0v) is 23.8. The van der Waals surface area contributed by atoms with E-state index in [0.717, 1.165) is 16.7 Å². The molecular weight excluding hydrogens is 542 g/mol. The lowest BCUT2D eigenvalue weighted by Crippen LogP contribution is -2.31. The van der Waals surface area contributed by atoms with Crippen LogP contribution < -0.4 is 4.90 Å². The number of aryl methyl sites for hydroxylation is 1. The molecule has 0 radical (unpaired) electrons. The number of carbonyl (C=O) groups excluding carboxylic acids is 1. The van der Waals surface area contributed by atoms with Crippen LogP contribution in [0.4, 0.5) is 5.69 Å². The Morgan fingerprint density at radius 1 is 0.643 bits per heavy atom. The highest BCUT2D eigenvalue weighted by atomic mass is 32.2. The van der Waals surface area contributed by atoms with E-state index in [2.05, 4.69) is 0 Å². The van der Waals surface area contributed by atoms with Crippen molar-refractivity contribution >= 4 is 21.4 Å². The first-order valence-corrected chi connectivity index (χ1v) is 15.2. The molecule has 0 spiro atoms. The molecule has 1 heterocycles. The molecule has 6 rings (SSSR count). The third kappa shape index (κ3) is 5.13. The molecule has 0 N–H and O–H groups in total. The van der Waals surface area contributed by atoms with Gasteiger partial charge < -0.3 is 4.74 Å². The van der Waals surface area contributed by atoms with Crippen molar-refractivity contribution in [1.29, 1.82) is 0 Å². The van der Waals surface area contributed by atoms with Crippen LogP contribution in [-0.4, -0.2) is 14.3 Å². The van der Waals surface area contributed by atoms with Crippen molar-refractivity contribution in [2.75, 3.05) is 4.90 Å². The van der Waals surface area contributed by atoms with E-state index in [0.29, 0.717) is 11.3 Å². The molecule has 42 heavy (non-hydrogen) atoms. The van der Waals surface area contributed by atoms with E-state index in [9.17, 15) is 13.2 Å². The summed E-state index contributed by atoms with van der Waals surface area (Å²) in [7, 11) is -4.19. The van der Waals surface area contributed by atoms with E-state index < -0.39 is 27.9 Å². The fourth-order valence-corrected chi connectivity index (χ4v) is 6.95. The molecule has 208 valence electrons. The van der Waals surface area contributed by atoms with E-state index in [1.165, 1.54) is 4.90 Å². The molecule has 0 aliphatic carbocycles. The maximum absolute atomic E-state index is 14.6. The predicted molar refractivity (Wildman–Crippen MR) is 164 cm³/mol. The number of benzene rings is 5. The first-order chi connectivity index (χ1) is 20.4. The summed E-state index contributed by atoms with van der Waals surface area (Å²) in [6.45, 7) is 1.90. The summed E-state index contributed by atoms with van der Waals surface area (Å²) in [5, 5.41) is 0. The molecule has 5 aromatic carbocycles. The van der Waals surface area contributed by atoms with Crippen LogP contribution in [0.25, 0.3) is 0 Å². The second-order valence-corrected chi connectivity index (χ2v) is 12.1. The van der Waals surface area contributed by atoms with Crippen LogP contribution >= 0.6 is 0 Å². The molecule has 0 bridgehead atoms. The normalized spacial score (nSPS) is 15.3. The van der Waals surface area contributed by atoms with Gasteiger partial charge >= 0.3 is 0 Å². The first-order valence-electron chi connectivity index (χ1n) is 13.7. The number of hydrogen-bond acceptors (Lipinski definition) is 4. The van der Waals surface area contributed by atoms with Gasteiger partial charge in [-0.15, -0.1) is 0 Å². The Bertz CT molecular complexity index is 1780. The maximum Gasteiger partial charge on any atom is 0.295 e. The van der Waals surface area contributed by atoms with Gasteiger partial charge in [-0.3, -0.25) is 9.69 Å². The number of hydrogen-bond donors (Lipinski definition) is 0. The van der Waals surface area contributed by atoms with Gasteiger partial charge in [0.1, 0.15) is 17.1 Å². The third-order valence-electron chi connectivity index (χ3n) is 7.35. The summed E-state index contributed by atoms with van der Waals surface area (Å²) in [6.07, 6.45) is -0.721. The van der Waals surface area contributed by atoms with Crippen molar-refractivity contribution in [3.05, 3.63) is 179 Å². The number of anilines is 1. The molecule has 0 fully saturated rings. The van der Waals surface area contributed by atoms with Crippen molar-refractivity contribution in [1.82, 2.24) is 0 Å². The number of ether oxygens (including phenoxy) is 1. The van der Waals surface area contributed by atoms with Crippen molar-refractivity contribution in [3.63, 3.8) is 0 Å². The van der Waals surface area contributed by atoms with Crippen LogP contribution in [0, 0.1) is 6.92 Å². The highest BCUT2D eigenvalue weighted by Crippen LogP contribution is 2.47. The second-order valence-electron chi connectivity index (χ2n) is 10.2. The van der Waals surface area contributed by atoms with Crippen LogP contribution in [0.15, 0.2) is 161 Å². The number of para-hydroxylation sites is 1. The molecule has 0 unspecified atom stereocenters. The van der Waals surface area contributed by atoms with Gasteiger partial charge in [0.05, 0.1) is 4.90 Å². The molecule has 1 atom stereocenters. The highest BCUT2D eigenvalue weighted by molar-refractivity contribution is 7.95. The number of sulfone groups is 1. The topological polar surface area (TPSA) is 63.7 Å². The lowest BCUT2D eigenvalue weighted by atomic mass is 10.0. The summed E-state index contributed by atoms with van der Waals surface area (Å²) in [5.74, 6) is -0.705. The molecule has 1 aliphatic rings. The summed E-state index contributed by atoms with van der Waals surface area (Å²) in [4.78, 5) is 16.1. The molecule has 0 saturated carbocycles. The Morgan fingerprint density at radius 2 is 1.12 bits per heavy atom. The zero-order chi connectivity index (χ0) is 29.1. The highest BCUT2D eigenvalue weighted by Gasteiger charge is 2.49. The largest absolute Gasteiger partial charge is 0.474 e. The standard InChI is InChI=1S/C36H29NO4S/c1-26-22-24-31(25-23-26)42(39,40)35-32(27-14-6-2-7-15-27)37(30-20-12-5-13-21-30)36(38)34(35)41-33(28-16-8-3-9-17-28)29-18-10-4-11-19-29/h2-25,32-33H,1H3/t32-/m1/s1. The summed E-state index contributed by atoms with van der Waals surface area (Å²) < 4.78 is 35.9. The van der Waals surface area contributed by atoms with Crippen LogP contribution in [0.1, 0.15) is 34.4 Å². The van der Waals surface area contributed by atoms with Crippen LogP contribution in [0.5, 0.6) is 0 Å². The van der Waals surface area contributed by atoms with Gasteiger partial charge in [0, 0.05) is 5.69 Å². The summed E-state index contributed by atoms with van der Waals surface area (Å²) >= 11 is 0. The van der Waals surface area contributed by atoms with Gasteiger partial charge in [0.15, 0.2) is 0 Å². The van der Waals surface area contributed by atoms with Gasteiger partial charge in [0.2, 0.25) is 15.6 Å². The van der Waals surface area contributed by atoms with E-state index in [4.69, 9.17) is 4.74 Å². The van der Waals surface area contributed by atoms with E-state index in [1.807, 2.05) is 116 Å². The molecular formula is C36H29NO4S. The summed E-state index contributed by atoms with van der Waals surface area (Å²) in [6, 6.07) is 43.1. The Morgan fingerprint density at radius 3 is 1.64 bits per heavy atom. The Labute approximate surface area is 246 Å². The fourth-order valence-electron chi connectivity index (χ4n) is 5.29. The minimum absolute atomic E-state index is 0.0803. The smallest absolute Gasteiger partial charge is 0.295 e. The van der Waals surface area contributed by atoms with Crippen molar-refractivity contribution in [3.8, 4) is 0 Å². The maximum atomic E-state index is 14.6. The SMILES string of the molecule is Cc1ccc(S(=O)(=O)C2=C(OC(c3ccccc3)c3ccccc3)C(=O)N(c3ccccc3)[C@@H]2c2ccccc2)cc1. The molecule has 5 nitrogen and oxygen atoms in total. The molecule has 1 aliphatic heterocycles. The lowest BCUT2D eigenvalue weighted by molar-refractivity contribution is -0.118. The van der Waals surface area contributed by atoms with E-state index in [1.54, 1.807) is 36.4 Å². The number of rotatable bonds is 8. The van der Waals surface area contributed by atoms with E-state index >= 15 is 0 Å². The van der Waals surface area contributed by atoms with Gasteiger partial charge in [-0.1, -0.05) is 127 Å². The number of carbonyl (C=O) groups is 1. The monoisotopic (exact) mass is 571 g/mol. The first kappa shape index (κ1) is 27.2. The quantitative estimate of drug-likeness (QED) is 0.193. The van der Waals surface area contributed by atoms with Gasteiger partial charge in [-0.2, -0.15) is 0 Å². The fraction of sp³-hybridized carbons (Fsp3) is 0.0833. The van der Waals surface area contributed by atoms with Gasteiger partial charge in [-0.25, -0.2) is 8.42 Å². The zero-order valence-electron chi connectivity index (χ0n) is 23.0. The lowest BCUT2D eigenvalue weighted by Gasteiger charge is -2.27. The summed E-state index contributed by atoms with van der Waals surface area (Å²) in [5.41, 5.74) is 3.76. The molecule has 5 aromatic rings. The second kappa shape index (κ2) is 11.5. The predicted octanol–water partition coefficient (Wildman–Crippen LogP) is 7.57. The van der Waals surface area contributed by atoms with Gasteiger partial charge in [0.25, 0.3) is 5.91 Å². The van der Waals surface area contributed by atoms with Crippen LogP contribution in [-0.2, 0) is 19.4 Å². The molecule has 1 amide bonds. The van der Waals surface area contributed by atoms with Crippen molar-refractivity contribution in [2.24, 2.45) is 0 Å². The molecule has 0 aromatic heterocycles. The van der Waals surface area contributed by atoms with Crippen LogP contribution in [0.2, 0.25) is 0 Å². The Kier molecular flexibility index (Phi) is 7.46. The van der Waals surface area contributed by atoms with E-state index in [-0.39, 0.29) is 15.6 Å². The third-order valence-corrected chi connectivity index (χ3v) is 9.23. The molecule has 6 heteroatoms. The minimum Gasteiger partial charge on any atom is -0.474 e. The molecule has 0 saturated heterocycles. The minimum atomic E-state index is -4.19. The average molecular weight is 572 g/mol. The Balaban J connectivity index is 1.61. The van der Waals surface area contributed by atoms with Crippen molar-refractivity contribution in [2.45, 2.75) is 24.0 Å².